The van der Waals surface area contributed by atoms with Crippen LogP contribution in [-0.2, 0) is 4.79 Å². The van der Waals surface area contributed by atoms with E-state index in [0.717, 1.165) is 25.7 Å². The highest BCUT2D eigenvalue weighted by Gasteiger charge is 2.10. The van der Waals surface area contributed by atoms with Crippen LogP contribution in [0.25, 0.3) is 6.08 Å². The lowest BCUT2D eigenvalue weighted by atomic mass is 10.0. The molecule has 1 aromatic rings. The van der Waals surface area contributed by atoms with Crippen molar-refractivity contribution < 1.29 is 4.79 Å². The summed E-state index contributed by atoms with van der Waals surface area (Å²) >= 11 is 0. The zero-order valence-corrected chi connectivity index (χ0v) is 8.91. The monoisotopic (exact) mass is 200 g/mol. The van der Waals surface area contributed by atoms with Gasteiger partial charge in [0.1, 0.15) is 5.78 Å². The van der Waals surface area contributed by atoms with Crippen molar-refractivity contribution in [3.05, 3.63) is 41.5 Å². The molecule has 0 aliphatic heterocycles. The molecule has 78 valence electrons. The molecule has 2 rings (SSSR count). The van der Waals surface area contributed by atoms with Crippen LogP contribution in [0.1, 0.15) is 37.7 Å². The van der Waals surface area contributed by atoms with Gasteiger partial charge in [0.05, 0.1) is 0 Å². The second-order valence-electron chi connectivity index (χ2n) is 4.14. The molecule has 1 heteroatoms. The van der Waals surface area contributed by atoms with Gasteiger partial charge in [-0.1, -0.05) is 42.0 Å². The molecule has 1 aliphatic carbocycles. The normalized spacial score (nSPS) is 20.3. The first-order valence-corrected chi connectivity index (χ1v) is 5.61. The van der Waals surface area contributed by atoms with Crippen LogP contribution in [0.3, 0.4) is 0 Å². The molecule has 1 fully saturated rings. The van der Waals surface area contributed by atoms with Crippen LogP contribution >= 0.6 is 0 Å². The first kappa shape index (κ1) is 10.2. The number of rotatable bonds is 1. The molecule has 15 heavy (non-hydrogen) atoms. The fraction of sp³-hybridized carbons (Fsp3) is 0.357. The van der Waals surface area contributed by atoms with Crippen LogP contribution in [0.4, 0.5) is 0 Å². The van der Waals surface area contributed by atoms with Crippen LogP contribution in [0.15, 0.2) is 35.9 Å². The molecule has 0 unspecified atom stereocenters. The third kappa shape index (κ3) is 3.05. The van der Waals surface area contributed by atoms with Gasteiger partial charge in [0.25, 0.3) is 0 Å². The van der Waals surface area contributed by atoms with Crippen LogP contribution in [0.5, 0.6) is 0 Å². The Labute approximate surface area is 90.8 Å². The number of allylic oxidation sites excluding steroid dienone is 1. The number of hydrogen-bond donors (Lipinski definition) is 0. The van der Waals surface area contributed by atoms with E-state index >= 15 is 0 Å². The summed E-state index contributed by atoms with van der Waals surface area (Å²) in [5, 5.41) is 0. The number of carbonyl (C=O) groups is 1. The summed E-state index contributed by atoms with van der Waals surface area (Å²) in [6, 6.07) is 10.3. The molecule has 0 heterocycles. The quantitative estimate of drug-likeness (QED) is 0.633. The van der Waals surface area contributed by atoms with Gasteiger partial charge >= 0.3 is 0 Å². The minimum Gasteiger partial charge on any atom is -0.299 e. The van der Waals surface area contributed by atoms with E-state index in [1.165, 1.54) is 11.1 Å². The van der Waals surface area contributed by atoms with Crippen molar-refractivity contribution in [2.45, 2.75) is 32.1 Å². The maximum Gasteiger partial charge on any atom is 0.136 e. The van der Waals surface area contributed by atoms with E-state index in [2.05, 4.69) is 18.2 Å². The molecule has 0 bridgehead atoms. The van der Waals surface area contributed by atoms with Crippen molar-refractivity contribution in [3.8, 4) is 0 Å². The number of ketones is 1. The highest BCUT2D eigenvalue weighted by molar-refractivity contribution is 5.82. The number of carbonyl (C=O) groups excluding carboxylic acids is 1. The summed E-state index contributed by atoms with van der Waals surface area (Å²) in [5.74, 6) is 0.398. The Morgan fingerprint density at radius 3 is 2.53 bits per heavy atom. The summed E-state index contributed by atoms with van der Waals surface area (Å²) in [4.78, 5) is 11.4. The summed E-state index contributed by atoms with van der Waals surface area (Å²) in [5.41, 5.74) is 2.51. The fourth-order valence-electron chi connectivity index (χ4n) is 2.01. The first-order chi connectivity index (χ1) is 7.34. The Morgan fingerprint density at radius 2 is 1.73 bits per heavy atom. The maximum atomic E-state index is 11.4. The Kier molecular flexibility index (Phi) is 3.33. The standard InChI is InChI=1S/C14H16O/c15-14-9-5-4-8-13(11-14)10-12-6-2-1-3-7-12/h1-3,6-7,10H,4-5,8-9,11H2/b13-10-. The molecule has 0 spiro atoms. The van der Waals surface area contributed by atoms with Gasteiger partial charge in [-0.3, -0.25) is 4.79 Å². The van der Waals surface area contributed by atoms with Crippen molar-refractivity contribution >= 4 is 11.9 Å². The molecule has 1 aromatic carbocycles. The minimum atomic E-state index is 0.398. The zero-order chi connectivity index (χ0) is 10.5. The Morgan fingerprint density at radius 1 is 1.00 bits per heavy atom. The molecule has 0 aromatic heterocycles. The Hall–Kier alpha value is -1.37. The fourth-order valence-corrected chi connectivity index (χ4v) is 2.01. The van der Waals surface area contributed by atoms with E-state index in [4.69, 9.17) is 0 Å². The summed E-state index contributed by atoms with van der Waals surface area (Å²) < 4.78 is 0. The van der Waals surface area contributed by atoms with Crippen molar-refractivity contribution in [3.63, 3.8) is 0 Å². The second-order valence-corrected chi connectivity index (χ2v) is 4.14. The van der Waals surface area contributed by atoms with Gasteiger partial charge in [-0.05, 0) is 24.8 Å². The van der Waals surface area contributed by atoms with Crippen molar-refractivity contribution in [2.75, 3.05) is 0 Å². The van der Waals surface area contributed by atoms with E-state index in [9.17, 15) is 4.79 Å². The van der Waals surface area contributed by atoms with Gasteiger partial charge in [0, 0.05) is 12.8 Å². The lowest BCUT2D eigenvalue weighted by Gasteiger charge is -2.01. The lowest BCUT2D eigenvalue weighted by Crippen LogP contribution is -1.94. The number of Topliss-reactive ketones (excluding diaryl/α,β-unsaturated/α-hetero) is 1. The van der Waals surface area contributed by atoms with Crippen molar-refractivity contribution in [2.24, 2.45) is 0 Å². The van der Waals surface area contributed by atoms with E-state index in [0.29, 0.717) is 12.2 Å². The van der Waals surface area contributed by atoms with Gasteiger partial charge in [-0.25, -0.2) is 0 Å². The average Bonchev–Trinajstić information content (AvgIpc) is 2.44. The third-order valence-corrected chi connectivity index (χ3v) is 2.80. The smallest absolute Gasteiger partial charge is 0.136 e. The van der Waals surface area contributed by atoms with Gasteiger partial charge in [0.15, 0.2) is 0 Å². The summed E-state index contributed by atoms with van der Waals surface area (Å²) in [6.07, 6.45) is 6.90. The van der Waals surface area contributed by atoms with Crippen molar-refractivity contribution in [1.82, 2.24) is 0 Å². The molecule has 0 amide bonds. The molecule has 1 saturated carbocycles. The van der Waals surface area contributed by atoms with Gasteiger partial charge < -0.3 is 0 Å². The van der Waals surface area contributed by atoms with Gasteiger partial charge in [-0.15, -0.1) is 0 Å². The predicted molar refractivity (Wildman–Crippen MR) is 62.5 cm³/mol. The molecule has 1 nitrogen and oxygen atoms in total. The van der Waals surface area contributed by atoms with E-state index in [-0.39, 0.29) is 0 Å². The highest BCUT2D eigenvalue weighted by atomic mass is 16.1. The van der Waals surface area contributed by atoms with Crippen LogP contribution in [0, 0.1) is 0 Å². The van der Waals surface area contributed by atoms with E-state index in [1.54, 1.807) is 0 Å². The third-order valence-electron chi connectivity index (χ3n) is 2.80. The SMILES string of the molecule is O=C1CCCC/C(=C/c2ccccc2)C1. The van der Waals surface area contributed by atoms with Crippen LogP contribution in [0.2, 0.25) is 0 Å². The molecule has 0 N–H and O–H groups in total. The van der Waals surface area contributed by atoms with Crippen LogP contribution < -0.4 is 0 Å². The van der Waals surface area contributed by atoms with Gasteiger partial charge in [0.2, 0.25) is 0 Å². The lowest BCUT2D eigenvalue weighted by molar-refractivity contribution is -0.118. The average molecular weight is 200 g/mol. The highest BCUT2D eigenvalue weighted by Crippen LogP contribution is 2.22. The Balaban J connectivity index is 2.15. The largest absolute Gasteiger partial charge is 0.299 e. The van der Waals surface area contributed by atoms with Crippen molar-refractivity contribution in [1.29, 1.82) is 0 Å². The molecular weight excluding hydrogens is 184 g/mol. The number of hydrogen-bond acceptors (Lipinski definition) is 1. The second kappa shape index (κ2) is 4.92. The van der Waals surface area contributed by atoms with Gasteiger partial charge in [-0.2, -0.15) is 0 Å². The van der Waals surface area contributed by atoms with E-state index < -0.39 is 0 Å². The maximum absolute atomic E-state index is 11.4. The number of benzene rings is 1. The summed E-state index contributed by atoms with van der Waals surface area (Å²) in [6.45, 7) is 0. The molecule has 0 atom stereocenters. The van der Waals surface area contributed by atoms with Crippen LogP contribution in [-0.4, -0.2) is 5.78 Å². The minimum absolute atomic E-state index is 0.398. The zero-order valence-electron chi connectivity index (χ0n) is 8.91. The molecule has 0 saturated heterocycles. The molecule has 1 aliphatic rings. The van der Waals surface area contributed by atoms with E-state index in [1.807, 2.05) is 18.2 Å². The topological polar surface area (TPSA) is 17.1 Å². The first-order valence-electron chi connectivity index (χ1n) is 5.61. The Bertz CT molecular complexity index is 362. The molecular formula is C14H16O. The predicted octanol–water partition coefficient (Wildman–Crippen LogP) is 3.60. The summed E-state index contributed by atoms with van der Waals surface area (Å²) in [7, 11) is 0. The molecule has 0 radical (unpaired) electrons.